The van der Waals surface area contributed by atoms with Gasteiger partial charge >= 0.3 is 6.09 Å². The van der Waals surface area contributed by atoms with E-state index in [-0.39, 0.29) is 6.61 Å². The third kappa shape index (κ3) is 2.06. The number of morpholine rings is 1. The van der Waals surface area contributed by atoms with Crippen LogP contribution in [0.5, 0.6) is 0 Å². The van der Waals surface area contributed by atoms with Gasteiger partial charge in [-0.25, -0.2) is 9.18 Å². The molecule has 3 atom stereocenters. The molecule has 0 aromatic heterocycles. The van der Waals surface area contributed by atoms with Crippen LogP contribution in [0.25, 0.3) is 0 Å². The molecule has 1 amide bonds. The molecule has 1 saturated carbocycles. The predicted molar refractivity (Wildman–Crippen MR) is 61.8 cm³/mol. The summed E-state index contributed by atoms with van der Waals surface area (Å²) in [4.78, 5) is 13.3. The fourth-order valence-corrected chi connectivity index (χ4v) is 2.23. The van der Waals surface area contributed by atoms with Crippen LogP contribution in [0.1, 0.15) is 5.56 Å². The van der Waals surface area contributed by atoms with Crippen LogP contribution in [-0.4, -0.2) is 42.5 Å². The topological polar surface area (TPSA) is 38.8 Å². The zero-order chi connectivity index (χ0) is 12.5. The number of fused-ring (bicyclic) bond motifs is 1. The first kappa shape index (κ1) is 11.5. The van der Waals surface area contributed by atoms with Gasteiger partial charge in [0.25, 0.3) is 0 Å². The second-order valence-corrected chi connectivity index (χ2v) is 4.50. The number of ether oxygens (including phenoxy) is 2. The highest BCUT2D eigenvalue weighted by molar-refractivity contribution is 5.69. The Bertz CT molecular complexity index is 439. The van der Waals surface area contributed by atoms with Crippen LogP contribution in [0.4, 0.5) is 9.18 Å². The Morgan fingerprint density at radius 1 is 1.44 bits per heavy atom. The smallest absolute Gasteiger partial charge is 0.410 e. The molecule has 2 aliphatic rings. The largest absolute Gasteiger partial charge is 0.445 e. The van der Waals surface area contributed by atoms with E-state index in [9.17, 15) is 9.18 Å². The lowest BCUT2D eigenvalue weighted by atomic mass is 10.2. The lowest BCUT2D eigenvalue weighted by Crippen LogP contribution is -2.41. The highest BCUT2D eigenvalue weighted by Crippen LogP contribution is 2.38. The van der Waals surface area contributed by atoms with Crippen molar-refractivity contribution >= 4 is 6.09 Å². The van der Waals surface area contributed by atoms with Gasteiger partial charge in [0.1, 0.15) is 12.7 Å². The minimum absolute atomic E-state index is 0.214. The van der Waals surface area contributed by atoms with Crippen molar-refractivity contribution in [2.45, 2.75) is 24.9 Å². The number of hydrogen-bond donors (Lipinski definition) is 0. The first-order chi connectivity index (χ1) is 8.77. The molecule has 1 aromatic rings. The Hall–Kier alpha value is -1.62. The van der Waals surface area contributed by atoms with Crippen molar-refractivity contribution in [2.75, 3.05) is 13.2 Å². The third-order valence-electron chi connectivity index (χ3n) is 3.28. The lowest BCUT2D eigenvalue weighted by molar-refractivity contribution is 0.0198. The number of nitrogens with zero attached hydrogens (tertiary/aromatic N) is 1. The molecular weight excluding hydrogens is 237 g/mol. The molecule has 1 aliphatic heterocycles. The first-order valence-electron chi connectivity index (χ1n) is 6.00. The van der Waals surface area contributed by atoms with Gasteiger partial charge in [-0.1, -0.05) is 30.3 Å². The summed E-state index contributed by atoms with van der Waals surface area (Å²) < 4.78 is 23.6. The second-order valence-electron chi connectivity index (χ2n) is 4.50. The zero-order valence-corrected chi connectivity index (χ0v) is 9.79. The van der Waals surface area contributed by atoms with Gasteiger partial charge in [-0.3, -0.25) is 4.90 Å². The van der Waals surface area contributed by atoms with Gasteiger partial charge in [0.2, 0.25) is 0 Å². The molecule has 0 bridgehead atoms. The van der Waals surface area contributed by atoms with Gasteiger partial charge < -0.3 is 9.47 Å². The average molecular weight is 251 g/mol. The monoisotopic (exact) mass is 251 g/mol. The van der Waals surface area contributed by atoms with Gasteiger partial charge in [-0.15, -0.1) is 0 Å². The summed E-state index contributed by atoms with van der Waals surface area (Å²) in [5.41, 5.74) is 0.920. The van der Waals surface area contributed by atoms with E-state index >= 15 is 0 Å². The van der Waals surface area contributed by atoms with Gasteiger partial charge in [-0.05, 0) is 5.56 Å². The molecule has 0 radical (unpaired) electrons. The van der Waals surface area contributed by atoms with Crippen LogP contribution < -0.4 is 0 Å². The van der Waals surface area contributed by atoms with Gasteiger partial charge in [0, 0.05) is 6.54 Å². The Morgan fingerprint density at radius 2 is 2.22 bits per heavy atom. The van der Waals surface area contributed by atoms with Crippen molar-refractivity contribution in [3.8, 4) is 0 Å². The number of amides is 1. The van der Waals surface area contributed by atoms with Crippen LogP contribution in [0.15, 0.2) is 30.3 Å². The fraction of sp³-hybridized carbons (Fsp3) is 0.462. The third-order valence-corrected chi connectivity index (χ3v) is 3.28. The van der Waals surface area contributed by atoms with E-state index in [1.165, 1.54) is 4.90 Å². The predicted octanol–water partition coefficient (Wildman–Crippen LogP) is 1.74. The van der Waals surface area contributed by atoms with Crippen molar-refractivity contribution in [1.82, 2.24) is 4.90 Å². The SMILES string of the molecule is O=C(OCc1ccccc1)N1CCOC2[C@@H](F)[C@H]21. The van der Waals surface area contributed by atoms with Crippen LogP contribution in [0.2, 0.25) is 0 Å². The molecule has 3 rings (SSSR count). The van der Waals surface area contributed by atoms with Crippen LogP contribution >= 0.6 is 0 Å². The number of halogens is 1. The molecule has 5 heteroatoms. The molecule has 96 valence electrons. The Morgan fingerprint density at radius 3 is 3.00 bits per heavy atom. The standard InChI is InChI=1S/C13H14FNO3/c14-10-11-12(10)17-7-6-15(11)13(16)18-8-9-4-2-1-3-5-9/h1-5,10-12H,6-8H2/t10-,11+,12?/m0/s1. The number of carbonyl (C=O) groups is 1. The van der Waals surface area contributed by atoms with E-state index in [2.05, 4.69) is 0 Å². The van der Waals surface area contributed by atoms with Crippen molar-refractivity contribution in [3.05, 3.63) is 35.9 Å². The minimum Gasteiger partial charge on any atom is -0.445 e. The summed E-state index contributed by atoms with van der Waals surface area (Å²) in [6, 6.07) is 8.98. The normalized spacial score (nSPS) is 29.6. The van der Waals surface area contributed by atoms with Gasteiger partial charge in [0.15, 0.2) is 6.17 Å². The Labute approximate surface area is 104 Å². The molecule has 0 N–H and O–H groups in total. The maximum atomic E-state index is 13.3. The summed E-state index contributed by atoms with van der Waals surface area (Å²) in [5, 5.41) is 0. The van der Waals surface area contributed by atoms with Crippen LogP contribution in [0, 0.1) is 0 Å². The van der Waals surface area contributed by atoms with E-state index < -0.39 is 24.4 Å². The molecule has 1 unspecified atom stereocenters. The van der Waals surface area contributed by atoms with Crippen molar-refractivity contribution in [3.63, 3.8) is 0 Å². The zero-order valence-electron chi connectivity index (χ0n) is 9.79. The molecule has 18 heavy (non-hydrogen) atoms. The van der Waals surface area contributed by atoms with Gasteiger partial charge in [-0.2, -0.15) is 0 Å². The fourth-order valence-electron chi connectivity index (χ4n) is 2.23. The number of benzene rings is 1. The number of carbonyl (C=O) groups excluding carboxylic acids is 1. The summed E-state index contributed by atoms with van der Waals surface area (Å²) in [6.45, 7) is 0.989. The highest BCUT2D eigenvalue weighted by Gasteiger charge is 2.60. The maximum absolute atomic E-state index is 13.3. The summed E-state index contributed by atoms with van der Waals surface area (Å²) >= 11 is 0. The average Bonchev–Trinajstić information content (AvgIpc) is 3.09. The van der Waals surface area contributed by atoms with Crippen molar-refractivity contribution in [2.24, 2.45) is 0 Å². The molecule has 0 spiro atoms. The number of hydrogen-bond acceptors (Lipinski definition) is 3. The lowest BCUT2D eigenvalue weighted by Gasteiger charge is -2.25. The number of alkyl halides is 1. The number of rotatable bonds is 2. The van der Waals surface area contributed by atoms with Crippen LogP contribution in [-0.2, 0) is 16.1 Å². The van der Waals surface area contributed by atoms with Crippen LogP contribution in [0.3, 0.4) is 0 Å². The summed E-state index contributed by atoms with van der Waals surface area (Å²) in [7, 11) is 0. The van der Waals surface area contributed by atoms with E-state index in [0.717, 1.165) is 5.56 Å². The van der Waals surface area contributed by atoms with E-state index in [0.29, 0.717) is 13.2 Å². The molecule has 4 nitrogen and oxygen atoms in total. The molecular formula is C13H14FNO3. The molecule has 1 aromatic carbocycles. The quantitative estimate of drug-likeness (QED) is 0.803. The van der Waals surface area contributed by atoms with E-state index in [1.54, 1.807) is 0 Å². The minimum atomic E-state index is -1.06. The Balaban J connectivity index is 1.56. The maximum Gasteiger partial charge on any atom is 0.410 e. The molecule has 1 heterocycles. The molecule has 1 saturated heterocycles. The van der Waals surface area contributed by atoms with E-state index in [4.69, 9.17) is 9.47 Å². The summed E-state index contributed by atoms with van der Waals surface area (Å²) in [5.74, 6) is 0. The second kappa shape index (κ2) is 4.57. The molecule has 1 aliphatic carbocycles. The van der Waals surface area contributed by atoms with Crippen molar-refractivity contribution in [1.29, 1.82) is 0 Å². The first-order valence-corrected chi connectivity index (χ1v) is 6.00. The van der Waals surface area contributed by atoms with Crippen molar-refractivity contribution < 1.29 is 18.7 Å². The Kier molecular flexibility index (Phi) is 2.91. The molecule has 2 fully saturated rings. The van der Waals surface area contributed by atoms with Gasteiger partial charge in [0.05, 0.1) is 12.6 Å². The van der Waals surface area contributed by atoms with E-state index in [1.807, 2.05) is 30.3 Å². The summed E-state index contributed by atoms with van der Waals surface area (Å²) in [6.07, 6.45) is -1.96. The highest BCUT2D eigenvalue weighted by atomic mass is 19.1.